The van der Waals surface area contributed by atoms with Gasteiger partial charge in [0.25, 0.3) is 10.0 Å². The van der Waals surface area contributed by atoms with Crippen LogP contribution in [0.25, 0.3) is 0 Å². The highest BCUT2D eigenvalue weighted by Gasteiger charge is 2.25. The number of hydrogen-bond acceptors (Lipinski definition) is 4. The standard InChI is InChI=1S/C12H12ClN3O4S/c1-7-4-3-5-9(10(7)12(17)18)15-21(19,20)11-8(13)6-14-16(11)2/h3-6,15H,1-2H3,(H,17,18). The van der Waals surface area contributed by atoms with Crippen molar-refractivity contribution in [2.45, 2.75) is 11.9 Å². The van der Waals surface area contributed by atoms with E-state index in [4.69, 9.17) is 11.6 Å². The minimum absolute atomic E-state index is 0.0280. The summed E-state index contributed by atoms with van der Waals surface area (Å²) in [4.78, 5) is 11.3. The second-order valence-electron chi connectivity index (χ2n) is 4.33. The minimum atomic E-state index is -4.05. The molecule has 0 fully saturated rings. The first kappa shape index (κ1) is 15.3. The first-order valence-corrected chi connectivity index (χ1v) is 7.63. The van der Waals surface area contributed by atoms with Crippen molar-refractivity contribution in [2.24, 2.45) is 7.05 Å². The third-order valence-electron chi connectivity index (χ3n) is 2.83. The van der Waals surface area contributed by atoms with E-state index in [0.29, 0.717) is 5.56 Å². The summed E-state index contributed by atoms with van der Waals surface area (Å²) in [6.07, 6.45) is 1.20. The van der Waals surface area contributed by atoms with Crippen LogP contribution in [0.1, 0.15) is 15.9 Å². The first-order valence-electron chi connectivity index (χ1n) is 5.77. The lowest BCUT2D eigenvalue weighted by molar-refractivity contribution is 0.0697. The van der Waals surface area contributed by atoms with E-state index >= 15 is 0 Å². The minimum Gasteiger partial charge on any atom is -0.478 e. The highest BCUT2D eigenvalue weighted by Crippen LogP contribution is 2.26. The smallest absolute Gasteiger partial charge is 0.338 e. The molecule has 0 radical (unpaired) electrons. The molecule has 112 valence electrons. The molecule has 1 heterocycles. The molecule has 1 aromatic heterocycles. The van der Waals surface area contributed by atoms with Gasteiger partial charge in [0.2, 0.25) is 0 Å². The van der Waals surface area contributed by atoms with Crippen LogP contribution >= 0.6 is 11.6 Å². The molecule has 0 aliphatic rings. The average Bonchev–Trinajstić information content (AvgIpc) is 2.68. The maximum absolute atomic E-state index is 12.3. The van der Waals surface area contributed by atoms with E-state index in [0.717, 1.165) is 4.68 Å². The van der Waals surface area contributed by atoms with Crippen molar-refractivity contribution in [3.63, 3.8) is 0 Å². The van der Waals surface area contributed by atoms with Crippen LogP contribution in [-0.2, 0) is 17.1 Å². The number of anilines is 1. The van der Waals surface area contributed by atoms with Crippen LogP contribution in [-0.4, -0.2) is 29.3 Å². The van der Waals surface area contributed by atoms with E-state index in [1.54, 1.807) is 19.1 Å². The van der Waals surface area contributed by atoms with Crippen LogP contribution in [0.4, 0.5) is 5.69 Å². The number of halogens is 1. The van der Waals surface area contributed by atoms with E-state index in [9.17, 15) is 18.3 Å². The lowest BCUT2D eigenvalue weighted by Crippen LogP contribution is -2.19. The number of benzene rings is 1. The fraction of sp³-hybridized carbons (Fsp3) is 0.167. The van der Waals surface area contributed by atoms with Crippen molar-refractivity contribution < 1.29 is 18.3 Å². The molecule has 1 aromatic carbocycles. The molecule has 2 rings (SSSR count). The molecule has 0 unspecified atom stereocenters. The number of aromatic carboxylic acids is 1. The Balaban J connectivity index is 2.53. The maximum Gasteiger partial charge on any atom is 0.338 e. The van der Waals surface area contributed by atoms with Crippen LogP contribution in [0.3, 0.4) is 0 Å². The molecule has 0 saturated heterocycles. The normalized spacial score (nSPS) is 11.4. The zero-order chi connectivity index (χ0) is 15.8. The summed E-state index contributed by atoms with van der Waals surface area (Å²) in [6.45, 7) is 1.58. The van der Waals surface area contributed by atoms with Crippen LogP contribution < -0.4 is 4.72 Å². The highest BCUT2D eigenvalue weighted by molar-refractivity contribution is 7.92. The summed E-state index contributed by atoms with van der Waals surface area (Å²) < 4.78 is 28.0. The molecule has 0 aliphatic heterocycles. The molecule has 7 nitrogen and oxygen atoms in total. The van der Waals surface area contributed by atoms with Gasteiger partial charge in [-0.1, -0.05) is 23.7 Å². The van der Waals surface area contributed by atoms with Crippen molar-refractivity contribution >= 4 is 33.3 Å². The van der Waals surface area contributed by atoms with Crippen molar-refractivity contribution in [1.82, 2.24) is 9.78 Å². The van der Waals surface area contributed by atoms with Gasteiger partial charge in [-0.05, 0) is 18.6 Å². The van der Waals surface area contributed by atoms with E-state index in [1.807, 2.05) is 0 Å². The fourth-order valence-corrected chi connectivity index (χ4v) is 3.66. The Hall–Kier alpha value is -2.06. The van der Waals surface area contributed by atoms with Gasteiger partial charge in [-0.15, -0.1) is 0 Å². The lowest BCUT2D eigenvalue weighted by atomic mass is 10.1. The zero-order valence-corrected chi connectivity index (χ0v) is 12.7. The van der Waals surface area contributed by atoms with Gasteiger partial charge in [0.1, 0.15) is 0 Å². The Morgan fingerprint density at radius 2 is 2.10 bits per heavy atom. The summed E-state index contributed by atoms with van der Waals surface area (Å²) in [6, 6.07) is 4.51. The van der Waals surface area contributed by atoms with E-state index in [-0.39, 0.29) is 21.3 Å². The summed E-state index contributed by atoms with van der Waals surface area (Å²) in [5.41, 5.74) is 0.304. The molecule has 0 aliphatic carbocycles. The Morgan fingerprint density at radius 3 is 2.62 bits per heavy atom. The molecule has 0 spiro atoms. The molecular formula is C12H12ClN3O4S. The summed E-state index contributed by atoms with van der Waals surface area (Å²) >= 11 is 5.81. The number of sulfonamides is 1. The van der Waals surface area contributed by atoms with Crippen LogP contribution in [0.5, 0.6) is 0 Å². The van der Waals surface area contributed by atoms with Gasteiger partial charge in [-0.25, -0.2) is 4.79 Å². The zero-order valence-electron chi connectivity index (χ0n) is 11.2. The Bertz CT molecular complexity index is 794. The summed E-state index contributed by atoms with van der Waals surface area (Å²) in [5, 5.41) is 12.7. The first-order chi connectivity index (χ1) is 9.74. The third kappa shape index (κ3) is 2.86. The second-order valence-corrected chi connectivity index (χ2v) is 6.33. The second kappa shape index (κ2) is 5.38. The molecular weight excluding hydrogens is 318 g/mol. The molecule has 21 heavy (non-hydrogen) atoms. The number of carboxylic acid groups (broad SMARTS) is 1. The van der Waals surface area contributed by atoms with Gasteiger partial charge in [0.05, 0.1) is 22.5 Å². The molecule has 9 heteroatoms. The SMILES string of the molecule is Cc1cccc(NS(=O)(=O)c2c(Cl)cnn2C)c1C(=O)O. The maximum atomic E-state index is 12.3. The number of nitrogens with one attached hydrogen (secondary N) is 1. The number of hydrogen-bond donors (Lipinski definition) is 2. The van der Waals surface area contributed by atoms with Crippen molar-refractivity contribution in [3.05, 3.63) is 40.5 Å². The largest absolute Gasteiger partial charge is 0.478 e. The predicted molar refractivity (Wildman–Crippen MR) is 77.2 cm³/mol. The number of aromatic nitrogens is 2. The van der Waals surface area contributed by atoms with Crippen LogP contribution in [0.15, 0.2) is 29.4 Å². The van der Waals surface area contributed by atoms with Gasteiger partial charge >= 0.3 is 5.97 Å². The average molecular weight is 330 g/mol. The highest BCUT2D eigenvalue weighted by atomic mass is 35.5. The molecule has 0 atom stereocenters. The van der Waals surface area contributed by atoms with Crippen molar-refractivity contribution in [1.29, 1.82) is 0 Å². The summed E-state index contributed by atoms with van der Waals surface area (Å²) in [7, 11) is -2.62. The van der Waals surface area contributed by atoms with Crippen molar-refractivity contribution in [3.8, 4) is 0 Å². The third-order valence-corrected chi connectivity index (χ3v) is 4.70. The Morgan fingerprint density at radius 1 is 1.43 bits per heavy atom. The Labute approximate surface area is 126 Å². The van der Waals surface area contributed by atoms with E-state index < -0.39 is 16.0 Å². The number of nitrogens with zero attached hydrogens (tertiary/aromatic N) is 2. The monoisotopic (exact) mass is 329 g/mol. The molecule has 0 saturated carbocycles. The molecule has 0 bridgehead atoms. The number of aryl methyl sites for hydroxylation is 2. The quantitative estimate of drug-likeness (QED) is 0.891. The van der Waals surface area contributed by atoms with Gasteiger partial charge in [0, 0.05) is 7.05 Å². The summed E-state index contributed by atoms with van der Waals surface area (Å²) in [5.74, 6) is -1.22. The van der Waals surface area contributed by atoms with Gasteiger partial charge in [0.15, 0.2) is 5.03 Å². The predicted octanol–water partition coefficient (Wildman–Crippen LogP) is 1.88. The van der Waals surface area contributed by atoms with Gasteiger partial charge < -0.3 is 5.11 Å². The van der Waals surface area contributed by atoms with Crippen LogP contribution in [0, 0.1) is 6.92 Å². The van der Waals surface area contributed by atoms with Crippen molar-refractivity contribution in [2.75, 3.05) is 4.72 Å². The molecule has 0 amide bonds. The number of carbonyl (C=O) groups is 1. The lowest BCUT2D eigenvalue weighted by Gasteiger charge is -2.12. The Kier molecular flexibility index (Phi) is 3.93. The van der Waals surface area contributed by atoms with Gasteiger partial charge in [-0.3, -0.25) is 9.40 Å². The topological polar surface area (TPSA) is 101 Å². The van der Waals surface area contributed by atoms with Crippen LogP contribution in [0.2, 0.25) is 5.02 Å². The van der Waals surface area contributed by atoms with Gasteiger partial charge in [-0.2, -0.15) is 13.5 Å². The molecule has 2 N–H and O–H groups in total. The fourth-order valence-electron chi connectivity index (χ4n) is 1.93. The van der Waals surface area contributed by atoms with E-state index in [2.05, 4.69) is 9.82 Å². The molecule has 2 aromatic rings. The number of rotatable bonds is 4. The van der Waals surface area contributed by atoms with E-state index in [1.165, 1.54) is 19.3 Å². The number of carboxylic acids is 1.